The largest absolute Gasteiger partial charge is 0.318 e. The normalized spacial score (nSPS) is 21.3. The molecule has 1 aliphatic carbocycles. The van der Waals surface area contributed by atoms with Crippen molar-refractivity contribution in [1.29, 1.82) is 0 Å². The number of halogens is 1. The molecule has 1 aliphatic heterocycles. The van der Waals surface area contributed by atoms with E-state index in [4.69, 9.17) is 0 Å². The summed E-state index contributed by atoms with van der Waals surface area (Å²) in [6.07, 6.45) is 3.99. The van der Waals surface area contributed by atoms with Crippen molar-refractivity contribution < 1.29 is 17.6 Å². The van der Waals surface area contributed by atoms with Crippen LogP contribution in [0.2, 0.25) is 0 Å². The van der Waals surface area contributed by atoms with Gasteiger partial charge in [0.1, 0.15) is 5.82 Å². The van der Waals surface area contributed by atoms with E-state index >= 15 is 0 Å². The number of nitrogens with zero attached hydrogens (tertiary/aromatic N) is 2. The Balaban J connectivity index is 1.68. The van der Waals surface area contributed by atoms with Crippen LogP contribution in [-0.4, -0.2) is 35.6 Å². The average molecular weight is 377 g/mol. The van der Waals surface area contributed by atoms with Gasteiger partial charge >= 0.3 is 0 Å². The third kappa shape index (κ3) is 3.13. The molecule has 0 spiro atoms. The van der Waals surface area contributed by atoms with Crippen LogP contribution in [0.25, 0.3) is 0 Å². The van der Waals surface area contributed by atoms with Crippen LogP contribution in [-0.2, 0) is 22.7 Å². The molecule has 26 heavy (non-hydrogen) atoms. The van der Waals surface area contributed by atoms with E-state index in [1.807, 2.05) is 0 Å². The number of nitrogens with one attached hydrogen (secondary N) is 1. The molecule has 1 atom stereocenters. The molecule has 0 saturated carbocycles. The Labute approximate surface area is 151 Å². The van der Waals surface area contributed by atoms with Crippen molar-refractivity contribution >= 4 is 21.4 Å². The molecule has 1 amide bonds. The lowest BCUT2D eigenvalue weighted by Gasteiger charge is -2.17. The summed E-state index contributed by atoms with van der Waals surface area (Å²) in [4.78, 5) is 12.7. The van der Waals surface area contributed by atoms with Gasteiger partial charge in [0, 0.05) is 11.3 Å². The van der Waals surface area contributed by atoms with E-state index in [9.17, 15) is 17.6 Å². The van der Waals surface area contributed by atoms with Crippen LogP contribution < -0.4 is 5.32 Å². The predicted octanol–water partition coefficient (Wildman–Crippen LogP) is 2.51. The van der Waals surface area contributed by atoms with Crippen molar-refractivity contribution in [3.63, 3.8) is 0 Å². The Kier molecular flexibility index (Phi) is 4.30. The van der Waals surface area contributed by atoms with Gasteiger partial charge in [-0.1, -0.05) is 12.1 Å². The second kappa shape index (κ2) is 6.50. The molecule has 0 radical (unpaired) electrons. The molecule has 8 heteroatoms. The zero-order valence-corrected chi connectivity index (χ0v) is 15.1. The minimum Gasteiger partial charge on any atom is -0.318 e. The molecule has 0 bridgehead atoms. The first-order valence-electron chi connectivity index (χ1n) is 8.81. The lowest BCUT2D eigenvalue weighted by Crippen LogP contribution is -2.17. The highest BCUT2D eigenvalue weighted by Crippen LogP contribution is 2.31. The van der Waals surface area contributed by atoms with Gasteiger partial charge in [-0.05, 0) is 44.2 Å². The van der Waals surface area contributed by atoms with E-state index in [2.05, 4.69) is 10.4 Å². The molecule has 1 fully saturated rings. The van der Waals surface area contributed by atoms with Gasteiger partial charge in [0.05, 0.1) is 23.2 Å². The van der Waals surface area contributed by atoms with E-state index in [0.717, 1.165) is 36.9 Å². The molecule has 2 aromatic rings. The number of carbonyl (C=O) groups is 1. The highest BCUT2D eigenvalue weighted by Gasteiger charge is 2.34. The zero-order valence-electron chi connectivity index (χ0n) is 14.2. The number of aromatic nitrogens is 2. The van der Waals surface area contributed by atoms with Crippen LogP contribution >= 0.6 is 0 Å². The Bertz CT molecular complexity index is 968. The minimum atomic E-state index is -3.05. The fraction of sp³-hybridized carbons (Fsp3) is 0.444. The Morgan fingerprint density at radius 3 is 2.73 bits per heavy atom. The smallest absolute Gasteiger partial charge is 0.276 e. The first-order chi connectivity index (χ1) is 12.4. The number of hydrogen-bond donors (Lipinski definition) is 1. The molecule has 6 nitrogen and oxygen atoms in total. The van der Waals surface area contributed by atoms with Gasteiger partial charge in [-0.2, -0.15) is 5.10 Å². The number of amides is 1. The maximum atomic E-state index is 13.8. The number of rotatable bonds is 3. The van der Waals surface area contributed by atoms with Crippen molar-refractivity contribution in [1.82, 2.24) is 9.78 Å². The SMILES string of the molecule is O=C(Nc1ccccc1F)c1nn([C@@H]2CCS(=O)(=O)C2)c2c1CCCC2. The van der Waals surface area contributed by atoms with E-state index < -0.39 is 21.6 Å². The molecule has 1 N–H and O–H groups in total. The first-order valence-corrected chi connectivity index (χ1v) is 10.6. The second-order valence-corrected chi connectivity index (χ2v) is 9.15. The maximum Gasteiger partial charge on any atom is 0.276 e. The standard InChI is InChI=1S/C18H20FN3O3S/c19-14-6-2-3-7-15(14)20-18(23)17-13-5-1-4-8-16(13)22(21-17)12-9-10-26(24,25)11-12/h2-3,6-7,12H,1,4-5,8-11H2,(H,20,23)/t12-/m1/s1. The summed E-state index contributed by atoms with van der Waals surface area (Å²) in [5.74, 6) is -0.734. The average Bonchev–Trinajstić information content (AvgIpc) is 3.17. The molecule has 4 rings (SSSR count). The van der Waals surface area contributed by atoms with Crippen LogP contribution in [0, 0.1) is 5.82 Å². The number of para-hydroxylation sites is 1. The van der Waals surface area contributed by atoms with Gasteiger partial charge < -0.3 is 5.32 Å². The predicted molar refractivity (Wildman–Crippen MR) is 95.5 cm³/mol. The lowest BCUT2D eigenvalue weighted by molar-refractivity contribution is 0.102. The molecule has 1 saturated heterocycles. The molecule has 1 aromatic heterocycles. The van der Waals surface area contributed by atoms with E-state index in [1.54, 1.807) is 16.8 Å². The van der Waals surface area contributed by atoms with Gasteiger partial charge in [-0.15, -0.1) is 0 Å². The topological polar surface area (TPSA) is 81.1 Å². The highest BCUT2D eigenvalue weighted by atomic mass is 32.2. The molecule has 138 valence electrons. The summed E-state index contributed by atoms with van der Waals surface area (Å²) >= 11 is 0. The first kappa shape index (κ1) is 17.2. The van der Waals surface area contributed by atoms with E-state index in [0.29, 0.717) is 6.42 Å². The number of benzene rings is 1. The number of carbonyl (C=O) groups excluding carboxylic acids is 1. The summed E-state index contributed by atoms with van der Waals surface area (Å²) in [5, 5.41) is 7.07. The molecular formula is C18H20FN3O3S. The fourth-order valence-corrected chi connectivity index (χ4v) is 5.51. The summed E-state index contributed by atoms with van der Waals surface area (Å²) in [6.45, 7) is 0. The monoisotopic (exact) mass is 377 g/mol. The quantitative estimate of drug-likeness (QED) is 0.891. The van der Waals surface area contributed by atoms with Crippen LogP contribution in [0.1, 0.15) is 47.1 Å². The Hall–Kier alpha value is -2.22. The van der Waals surface area contributed by atoms with Crippen molar-refractivity contribution in [2.45, 2.75) is 38.1 Å². The van der Waals surface area contributed by atoms with Gasteiger partial charge in [0.2, 0.25) is 0 Å². The summed E-state index contributed by atoms with van der Waals surface area (Å²) < 4.78 is 39.3. The number of hydrogen-bond acceptors (Lipinski definition) is 4. The number of sulfone groups is 1. The minimum absolute atomic E-state index is 0.0650. The van der Waals surface area contributed by atoms with Crippen LogP contribution in [0.4, 0.5) is 10.1 Å². The van der Waals surface area contributed by atoms with Crippen molar-refractivity contribution in [2.75, 3.05) is 16.8 Å². The van der Waals surface area contributed by atoms with Gasteiger partial charge in [-0.3, -0.25) is 9.48 Å². The van der Waals surface area contributed by atoms with Gasteiger partial charge in [0.25, 0.3) is 5.91 Å². The van der Waals surface area contributed by atoms with Crippen molar-refractivity contribution in [3.05, 3.63) is 47.0 Å². The zero-order chi connectivity index (χ0) is 18.3. The second-order valence-electron chi connectivity index (χ2n) is 6.92. The van der Waals surface area contributed by atoms with Gasteiger partial charge in [-0.25, -0.2) is 12.8 Å². The van der Waals surface area contributed by atoms with E-state index in [-0.39, 0.29) is 28.9 Å². The van der Waals surface area contributed by atoms with Gasteiger partial charge in [0.15, 0.2) is 15.5 Å². The third-order valence-corrected chi connectivity index (χ3v) is 6.85. The fourth-order valence-electron chi connectivity index (χ4n) is 3.82. The number of anilines is 1. The van der Waals surface area contributed by atoms with E-state index in [1.165, 1.54) is 12.1 Å². The van der Waals surface area contributed by atoms with Crippen LogP contribution in [0.3, 0.4) is 0 Å². The number of fused-ring (bicyclic) bond motifs is 1. The summed E-state index contributed by atoms with van der Waals surface area (Å²) in [7, 11) is -3.05. The molecule has 0 unspecified atom stereocenters. The molecule has 2 aliphatic rings. The summed E-state index contributed by atoms with van der Waals surface area (Å²) in [5.41, 5.74) is 2.22. The maximum absolute atomic E-state index is 13.8. The van der Waals surface area contributed by atoms with Crippen LogP contribution in [0.5, 0.6) is 0 Å². The molecule has 1 aromatic carbocycles. The Morgan fingerprint density at radius 2 is 2.00 bits per heavy atom. The molecular weight excluding hydrogens is 357 g/mol. The van der Waals surface area contributed by atoms with Crippen molar-refractivity contribution in [3.8, 4) is 0 Å². The highest BCUT2D eigenvalue weighted by molar-refractivity contribution is 7.91. The third-order valence-electron chi connectivity index (χ3n) is 5.10. The molecule has 2 heterocycles. The summed E-state index contributed by atoms with van der Waals surface area (Å²) in [6, 6.07) is 5.77. The Morgan fingerprint density at radius 1 is 1.23 bits per heavy atom. The van der Waals surface area contributed by atoms with Crippen LogP contribution in [0.15, 0.2) is 24.3 Å². The lowest BCUT2D eigenvalue weighted by atomic mass is 9.95. The van der Waals surface area contributed by atoms with Crippen molar-refractivity contribution in [2.24, 2.45) is 0 Å².